The number of aliphatic hydroxyl groups excluding tert-OH is 1. The Labute approximate surface area is 73.4 Å². The second-order valence-electron chi connectivity index (χ2n) is 1.92. The number of hydrogen-bond acceptors (Lipinski definition) is 2. The van der Waals surface area contributed by atoms with Crippen LogP contribution in [0.25, 0.3) is 0 Å². The number of halogens is 1. The smallest absolute Gasteiger partial charge is 0.107 e. The van der Waals surface area contributed by atoms with Crippen molar-refractivity contribution in [3.8, 4) is 12.0 Å². The van der Waals surface area contributed by atoms with Crippen LogP contribution in [-0.4, -0.2) is 10.1 Å². The quantitative estimate of drug-likeness (QED) is 0.567. The fourth-order valence-electron chi connectivity index (χ4n) is 0.679. The normalized spacial score (nSPS) is 8.45. The minimum absolute atomic E-state index is 0.482. The number of nitrogens with zero attached hydrogens (tertiary/aromatic N) is 1. The van der Waals surface area contributed by atoms with Gasteiger partial charge in [0, 0.05) is 0 Å². The lowest BCUT2D eigenvalue weighted by molar-refractivity contribution is 0.516. The molecule has 1 aromatic heterocycles. The van der Waals surface area contributed by atoms with Crippen LogP contribution in [0.3, 0.4) is 0 Å². The lowest BCUT2D eigenvalue weighted by Gasteiger charge is -1.92. The van der Waals surface area contributed by atoms with Gasteiger partial charge in [-0.15, -0.1) is 0 Å². The summed E-state index contributed by atoms with van der Waals surface area (Å²) in [5, 5.41) is 8.20. The highest BCUT2D eigenvalue weighted by atomic mass is 79.9. The fraction of sp³-hybridized carbons (Fsp3) is 0.125. The second kappa shape index (κ2) is 3.99. The van der Waals surface area contributed by atoms with E-state index < -0.39 is 0 Å². The van der Waals surface area contributed by atoms with Crippen LogP contribution in [0.4, 0.5) is 0 Å². The molecule has 0 saturated heterocycles. The van der Waals surface area contributed by atoms with Crippen molar-refractivity contribution in [3.63, 3.8) is 0 Å². The van der Waals surface area contributed by atoms with Crippen LogP contribution in [0.5, 0.6) is 0 Å². The standard InChI is InChI=1S/C8H6BrNO/c9-8-5-1-3-7(10-8)4-2-6-11/h1,3,5,11H,4H2. The highest BCUT2D eigenvalue weighted by Gasteiger charge is 1.91. The van der Waals surface area contributed by atoms with Gasteiger partial charge in [0.2, 0.25) is 0 Å². The minimum Gasteiger partial charge on any atom is -0.462 e. The molecule has 1 heterocycles. The summed E-state index contributed by atoms with van der Waals surface area (Å²) in [6.45, 7) is 0. The van der Waals surface area contributed by atoms with E-state index in [0.29, 0.717) is 6.42 Å². The first-order valence-electron chi connectivity index (χ1n) is 3.06. The molecule has 0 unspecified atom stereocenters. The van der Waals surface area contributed by atoms with Crippen molar-refractivity contribution in [2.24, 2.45) is 0 Å². The van der Waals surface area contributed by atoms with Gasteiger partial charge in [0.05, 0.1) is 12.1 Å². The van der Waals surface area contributed by atoms with Crippen LogP contribution in [0, 0.1) is 12.0 Å². The molecular weight excluding hydrogens is 206 g/mol. The van der Waals surface area contributed by atoms with Gasteiger partial charge in [-0.2, -0.15) is 0 Å². The summed E-state index contributed by atoms with van der Waals surface area (Å²) in [5.74, 6) is 2.51. The minimum atomic E-state index is 0.482. The first-order valence-corrected chi connectivity index (χ1v) is 3.85. The predicted octanol–water partition coefficient (Wildman–Crippen LogP) is 1.72. The van der Waals surface area contributed by atoms with Gasteiger partial charge < -0.3 is 5.11 Å². The Morgan fingerprint density at radius 3 is 3.00 bits per heavy atom. The van der Waals surface area contributed by atoms with Gasteiger partial charge in [0.25, 0.3) is 0 Å². The molecule has 0 bridgehead atoms. The van der Waals surface area contributed by atoms with E-state index >= 15 is 0 Å². The third-order valence-electron chi connectivity index (χ3n) is 1.12. The third kappa shape index (κ3) is 2.60. The van der Waals surface area contributed by atoms with E-state index in [-0.39, 0.29) is 0 Å². The van der Waals surface area contributed by atoms with E-state index in [4.69, 9.17) is 5.11 Å². The summed E-state index contributed by atoms with van der Waals surface area (Å²) in [4.78, 5) is 4.11. The molecule has 1 N–H and O–H groups in total. The highest BCUT2D eigenvalue weighted by Crippen LogP contribution is 2.05. The summed E-state index contributed by atoms with van der Waals surface area (Å²) >= 11 is 3.23. The maximum absolute atomic E-state index is 8.20. The Bertz CT molecular complexity index is 300. The zero-order valence-electron chi connectivity index (χ0n) is 5.71. The summed E-state index contributed by atoms with van der Waals surface area (Å²) < 4.78 is 0.787. The zero-order chi connectivity index (χ0) is 8.10. The van der Waals surface area contributed by atoms with E-state index in [1.54, 1.807) is 0 Å². The van der Waals surface area contributed by atoms with Gasteiger partial charge in [0.1, 0.15) is 10.7 Å². The Kier molecular flexibility index (Phi) is 2.94. The predicted molar refractivity (Wildman–Crippen MR) is 45.4 cm³/mol. The molecule has 0 amide bonds. The van der Waals surface area contributed by atoms with Crippen molar-refractivity contribution in [1.29, 1.82) is 0 Å². The lowest BCUT2D eigenvalue weighted by Crippen LogP contribution is -1.86. The lowest BCUT2D eigenvalue weighted by atomic mass is 10.3. The molecule has 0 fully saturated rings. The Balaban J connectivity index is 2.76. The Morgan fingerprint density at radius 2 is 2.36 bits per heavy atom. The maximum atomic E-state index is 8.20. The first kappa shape index (κ1) is 8.09. The van der Waals surface area contributed by atoms with Gasteiger partial charge in [-0.25, -0.2) is 4.98 Å². The topological polar surface area (TPSA) is 33.1 Å². The van der Waals surface area contributed by atoms with Crippen LogP contribution >= 0.6 is 15.9 Å². The van der Waals surface area contributed by atoms with E-state index in [2.05, 4.69) is 26.8 Å². The van der Waals surface area contributed by atoms with Gasteiger partial charge in [0.15, 0.2) is 0 Å². The van der Waals surface area contributed by atoms with E-state index in [1.165, 1.54) is 0 Å². The molecule has 1 rings (SSSR count). The molecule has 0 atom stereocenters. The van der Waals surface area contributed by atoms with Crippen molar-refractivity contribution in [2.75, 3.05) is 0 Å². The second-order valence-corrected chi connectivity index (χ2v) is 2.73. The summed E-state index contributed by atoms with van der Waals surface area (Å²) in [6.07, 6.45) is 2.31. The van der Waals surface area contributed by atoms with Gasteiger partial charge in [-0.1, -0.05) is 12.0 Å². The largest absolute Gasteiger partial charge is 0.462 e. The number of hydrogen-bond donors (Lipinski definition) is 1. The number of aromatic nitrogens is 1. The zero-order valence-corrected chi connectivity index (χ0v) is 7.30. The van der Waals surface area contributed by atoms with Gasteiger partial charge in [-0.05, 0) is 28.1 Å². The number of aliphatic hydroxyl groups is 1. The molecule has 56 valence electrons. The maximum Gasteiger partial charge on any atom is 0.107 e. The Hall–Kier alpha value is -1.01. The first-order chi connectivity index (χ1) is 5.33. The molecule has 11 heavy (non-hydrogen) atoms. The van der Waals surface area contributed by atoms with Crippen LogP contribution in [0.15, 0.2) is 22.8 Å². The van der Waals surface area contributed by atoms with E-state index in [9.17, 15) is 0 Å². The van der Waals surface area contributed by atoms with Gasteiger partial charge in [-0.3, -0.25) is 0 Å². The summed E-state index contributed by atoms with van der Waals surface area (Å²) in [6, 6.07) is 5.58. The summed E-state index contributed by atoms with van der Waals surface area (Å²) in [7, 11) is 0. The average molecular weight is 212 g/mol. The molecular formula is C8H6BrNO. The molecule has 0 radical (unpaired) electrons. The molecule has 3 heteroatoms. The van der Waals surface area contributed by atoms with Crippen LogP contribution in [0.2, 0.25) is 0 Å². The fourth-order valence-corrected chi connectivity index (χ4v) is 1.06. The number of rotatable bonds is 1. The SMILES string of the molecule is OC#CCc1cccc(Br)n1. The molecule has 0 aromatic carbocycles. The highest BCUT2D eigenvalue weighted by molar-refractivity contribution is 9.10. The molecule has 0 aliphatic rings. The Morgan fingerprint density at radius 1 is 1.55 bits per heavy atom. The molecule has 0 spiro atoms. The molecule has 0 saturated carbocycles. The molecule has 0 aliphatic carbocycles. The van der Waals surface area contributed by atoms with Crippen molar-refractivity contribution in [2.45, 2.75) is 6.42 Å². The van der Waals surface area contributed by atoms with E-state index in [1.807, 2.05) is 24.3 Å². The van der Waals surface area contributed by atoms with Crippen LogP contribution in [0.1, 0.15) is 5.69 Å². The molecule has 0 aliphatic heterocycles. The van der Waals surface area contributed by atoms with Crippen LogP contribution < -0.4 is 0 Å². The van der Waals surface area contributed by atoms with Crippen molar-refractivity contribution >= 4 is 15.9 Å². The third-order valence-corrected chi connectivity index (χ3v) is 1.56. The average Bonchev–Trinajstić information content (AvgIpc) is 2.01. The molecule has 1 aromatic rings. The monoisotopic (exact) mass is 211 g/mol. The van der Waals surface area contributed by atoms with Gasteiger partial charge >= 0.3 is 0 Å². The van der Waals surface area contributed by atoms with Crippen molar-refractivity contribution < 1.29 is 5.11 Å². The van der Waals surface area contributed by atoms with Crippen LogP contribution in [-0.2, 0) is 6.42 Å². The summed E-state index contributed by atoms with van der Waals surface area (Å²) in [5.41, 5.74) is 0.848. The van der Waals surface area contributed by atoms with Crippen molar-refractivity contribution in [1.82, 2.24) is 4.98 Å². The molecule has 2 nitrogen and oxygen atoms in total. The number of pyridine rings is 1. The van der Waals surface area contributed by atoms with E-state index in [0.717, 1.165) is 10.3 Å². The van der Waals surface area contributed by atoms with Crippen molar-refractivity contribution in [3.05, 3.63) is 28.5 Å².